The van der Waals surface area contributed by atoms with Crippen LogP contribution in [0.2, 0.25) is 0 Å². The molecule has 0 N–H and O–H groups in total. The van der Waals surface area contributed by atoms with Crippen molar-refractivity contribution in [1.29, 1.82) is 0 Å². The van der Waals surface area contributed by atoms with Crippen LogP contribution in [-0.4, -0.2) is 0 Å². The zero-order chi connectivity index (χ0) is 39.8. The Bertz CT molecular complexity index is 2840. The second kappa shape index (κ2) is 13.5. The summed E-state index contributed by atoms with van der Waals surface area (Å²) in [6.07, 6.45) is 2.34. The molecule has 0 fully saturated rings. The lowest BCUT2D eigenvalue weighted by Crippen LogP contribution is -2.34. The minimum atomic E-state index is -0.151. The van der Waals surface area contributed by atoms with Crippen LogP contribution in [0.3, 0.4) is 0 Å². The van der Waals surface area contributed by atoms with Gasteiger partial charge >= 0.3 is 0 Å². The molecule has 2 aliphatic carbocycles. The molecule has 0 radical (unpaired) electrons. The van der Waals surface area contributed by atoms with Gasteiger partial charge in [0, 0.05) is 22.4 Å². The molecule has 0 saturated carbocycles. The van der Waals surface area contributed by atoms with Crippen molar-refractivity contribution in [2.45, 2.75) is 70.6 Å². The van der Waals surface area contributed by atoms with Crippen molar-refractivity contribution in [2.24, 2.45) is 0 Å². The van der Waals surface area contributed by atoms with E-state index in [2.05, 4.69) is 222 Å². The van der Waals surface area contributed by atoms with Gasteiger partial charge in [0.1, 0.15) is 0 Å². The Balaban J connectivity index is 1.21. The number of hydrogen-bond acceptors (Lipinski definition) is 1. The first-order chi connectivity index (χ1) is 28.0. The maximum atomic E-state index is 2.54. The summed E-state index contributed by atoms with van der Waals surface area (Å²) in [4.78, 5) is 2.53. The van der Waals surface area contributed by atoms with Gasteiger partial charge in [0.15, 0.2) is 0 Å². The standard InChI is InChI=1S/C57H51N/c1-55(2)33-34-56(3,4)54-47(20-14-22-51(54)55)49-36-48-46-19-12-13-21-50(46)57(5,6)52(48)37-53(49)58(45-32-29-39-17-10-11-18-43(39)35-45)44-30-27-42(28-31-44)41-25-23-40(24-26-41)38-15-8-7-9-16-38/h7-32,35-37H,33-34H2,1-6H3. The molecular weight excluding hydrogens is 699 g/mol. The van der Waals surface area contributed by atoms with Gasteiger partial charge in [-0.05, 0) is 132 Å². The second-order valence-electron chi connectivity index (χ2n) is 18.4. The highest BCUT2D eigenvalue weighted by atomic mass is 15.1. The minimum Gasteiger partial charge on any atom is -0.310 e. The van der Waals surface area contributed by atoms with Gasteiger partial charge in [0.2, 0.25) is 0 Å². The van der Waals surface area contributed by atoms with Crippen LogP contribution in [0.4, 0.5) is 17.1 Å². The fraction of sp³-hybridized carbons (Fsp3) is 0.193. The molecule has 1 nitrogen and oxygen atoms in total. The summed E-state index contributed by atoms with van der Waals surface area (Å²) < 4.78 is 0. The predicted octanol–water partition coefficient (Wildman–Crippen LogP) is 16.0. The summed E-state index contributed by atoms with van der Waals surface area (Å²) in [7, 11) is 0. The van der Waals surface area contributed by atoms with Gasteiger partial charge in [0.25, 0.3) is 0 Å². The van der Waals surface area contributed by atoms with Crippen LogP contribution in [0.5, 0.6) is 0 Å². The lowest BCUT2D eigenvalue weighted by atomic mass is 9.61. The monoisotopic (exact) mass is 749 g/mol. The molecule has 0 saturated heterocycles. The van der Waals surface area contributed by atoms with Crippen LogP contribution in [0, 0.1) is 0 Å². The molecule has 0 bridgehead atoms. The van der Waals surface area contributed by atoms with E-state index < -0.39 is 0 Å². The van der Waals surface area contributed by atoms with E-state index in [9.17, 15) is 0 Å². The van der Waals surface area contributed by atoms with Gasteiger partial charge in [-0.3, -0.25) is 0 Å². The summed E-state index contributed by atoms with van der Waals surface area (Å²) >= 11 is 0. The summed E-state index contributed by atoms with van der Waals surface area (Å²) in [5.41, 5.74) is 19.4. The van der Waals surface area contributed by atoms with Crippen molar-refractivity contribution in [3.8, 4) is 44.5 Å². The van der Waals surface area contributed by atoms with Crippen molar-refractivity contribution in [3.05, 3.63) is 198 Å². The highest BCUT2D eigenvalue weighted by Crippen LogP contribution is 2.56. The molecule has 0 aliphatic heterocycles. The third-order valence-corrected chi connectivity index (χ3v) is 13.5. The van der Waals surface area contributed by atoms with E-state index in [4.69, 9.17) is 0 Å². The fourth-order valence-corrected chi connectivity index (χ4v) is 10.1. The summed E-state index contributed by atoms with van der Waals surface area (Å²) in [5.74, 6) is 0. The SMILES string of the molecule is CC1(C)CCC(C)(C)c2c(-c3cc4c(cc3N(c3ccc(-c5ccc(-c6ccccc6)cc5)cc3)c3ccc5ccccc5c3)C(C)(C)c3ccccc3-4)cccc21. The molecule has 8 aromatic carbocycles. The topological polar surface area (TPSA) is 3.24 Å². The Morgan fingerprint density at radius 1 is 0.362 bits per heavy atom. The Morgan fingerprint density at radius 3 is 1.64 bits per heavy atom. The highest BCUT2D eigenvalue weighted by Gasteiger charge is 2.41. The molecule has 58 heavy (non-hydrogen) atoms. The van der Waals surface area contributed by atoms with Crippen LogP contribution in [0.15, 0.2) is 176 Å². The Kier molecular flexibility index (Phi) is 8.39. The predicted molar refractivity (Wildman–Crippen MR) is 248 cm³/mol. The molecule has 0 heterocycles. The zero-order valence-corrected chi connectivity index (χ0v) is 34.6. The van der Waals surface area contributed by atoms with E-state index in [1.807, 2.05) is 0 Å². The fourth-order valence-electron chi connectivity index (χ4n) is 10.1. The van der Waals surface area contributed by atoms with Crippen LogP contribution in [0.25, 0.3) is 55.3 Å². The lowest BCUT2D eigenvalue weighted by molar-refractivity contribution is 0.333. The number of fused-ring (bicyclic) bond motifs is 5. The number of benzene rings is 8. The van der Waals surface area contributed by atoms with Crippen molar-refractivity contribution < 1.29 is 0 Å². The van der Waals surface area contributed by atoms with E-state index >= 15 is 0 Å². The Labute approximate surface area is 344 Å². The third kappa shape index (κ3) is 5.90. The van der Waals surface area contributed by atoms with Crippen LogP contribution in [0.1, 0.15) is 76.6 Å². The first-order valence-corrected chi connectivity index (χ1v) is 21.0. The van der Waals surface area contributed by atoms with Gasteiger partial charge in [-0.15, -0.1) is 0 Å². The summed E-state index contributed by atoms with van der Waals surface area (Å²) in [5, 5.41) is 2.47. The van der Waals surface area contributed by atoms with Crippen LogP contribution < -0.4 is 4.90 Å². The molecule has 2 aliphatic rings. The average molecular weight is 750 g/mol. The normalized spacial score (nSPS) is 15.7. The average Bonchev–Trinajstić information content (AvgIpc) is 3.47. The maximum absolute atomic E-state index is 2.54. The second-order valence-corrected chi connectivity index (χ2v) is 18.4. The Hall–Kier alpha value is -6.18. The van der Waals surface area contributed by atoms with Gasteiger partial charge in [-0.1, -0.05) is 181 Å². The molecule has 0 amide bonds. The first-order valence-electron chi connectivity index (χ1n) is 21.0. The van der Waals surface area contributed by atoms with E-state index in [-0.39, 0.29) is 16.2 Å². The van der Waals surface area contributed by atoms with Crippen molar-refractivity contribution in [1.82, 2.24) is 0 Å². The van der Waals surface area contributed by atoms with Crippen molar-refractivity contribution >= 4 is 27.8 Å². The zero-order valence-electron chi connectivity index (χ0n) is 34.6. The van der Waals surface area contributed by atoms with Gasteiger partial charge in [-0.25, -0.2) is 0 Å². The van der Waals surface area contributed by atoms with Crippen LogP contribution >= 0.6 is 0 Å². The molecule has 8 aromatic rings. The summed E-state index contributed by atoms with van der Waals surface area (Å²) in [6.45, 7) is 14.6. The maximum Gasteiger partial charge on any atom is 0.0543 e. The number of nitrogens with zero attached hydrogens (tertiary/aromatic N) is 1. The molecule has 10 rings (SSSR count). The van der Waals surface area contributed by atoms with E-state index in [1.54, 1.807) is 0 Å². The smallest absolute Gasteiger partial charge is 0.0543 e. The minimum absolute atomic E-state index is 0.0282. The largest absolute Gasteiger partial charge is 0.310 e. The lowest BCUT2D eigenvalue weighted by Gasteiger charge is -2.43. The van der Waals surface area contributed by atoms with Crippen LogP contribution in [-0.2, 0) is 16.2 Å². The summed E-state index contributed by atoms with van der Waals surface area (Å²) in [6, 6.07) is 65.8. The van der Waals surface area contributed by atoms with Gasteiger partial charge in [-0.2, -0.15) is 0 Å². The molecule has 1 heteroatoms. The number of anilines is 3. The molecular formula is C57H51N. The molecule has 0 aromatic heterocycles. The van der Waals surface area contributed by atoms with Crippen molar-refractivity contribution in [3.63, 3.8) is 0 Å². The van der Waals surface area contributed by atoms with E-state index in [1.165, 1.54) is 89.6 Å². The van der Waals surface area contributed by atoms with Crippen molar-refractivity contribution in [2.75, 3.05) is 4.90 Å². The molecule has 0 atom stereocenters. The molecule has 284 valence electrons. The van der Waals surface area contributed by atoms with E-state index in [0.717, 1.165) is 17.8 Å². The number of hydrogen-bond donors (Lipinski definition) is 0. The van der Waals surface area contributed by atoms with Gasteiger partial charge in [0.05, 0.1) is 5.69 Å². The number of rotatable bonds is 6. The highest BCUT2D eigenvalue weighted by molar-refractivity contribution is 5.97. The van der Waals surface area contributed by atoms with E-state index in [0.29, 0.717) is 0 Å². The van der Waals surface area contributed by atoms with Gasteiger partial charge < -0.3 is 4.90 Å². The Morgan fingerprint density at radius 2 is 0.914 bits per heavy atom. The molecule has 0 spiro atoms. The first kappa shape index (κ1) is 36.2. The molecule has 0 unspecified atom stereocenters. The third-order valence-electron chi connectivity index (χ3n) is 13.5. The quantitative estimate of drug-likeness (QED) is 0.164.